The van der Waals surface area contributed by atoms with Crippen molar-refractivity contribution in [1.82, 2.24) is 19.3 Å². The van der Waals surface area contributed by atoms with Crippen molar-refractivity contribution in [1.29, 1.82) is 0 Å². The molecule has 0 unspecified atom stereocenters. The van der Waals surface area contributed by atoms with E-state index in [1.165, 1.54) is 11.7 Å². The number of aromatic amines is 1. The van der Waals surface area contributed by atoms with Gasteiger partial charge in [-0.25, -0.2) is 4.79 Å². The molecule has 3 rings (SSSR count). The van der Waals surface area contributed by atoms with Crippen molar-refractivity contribution >= 4 is 16.7 Å². The van der Waals surface area contributed by atoms with Crippen LogP contribution >= 0.6 is 0 Å². The van der Waals surface area contributed by atoms with Crippen molar-refractivity contribution < 1.29 is 0 Å². The third-order valence-electron chi connectivity index (χ3n) is 3.75. The number of hydrogen-bond donors (Lipinski definition) is 1. The Hall–Kier alpha value is -2.83. The van der Waals surface area contributed by atoms with Crippen molar-refractivity contribution in [3.05, 3.63) is 45.1 Å². The lowest BCUT2D eigenvalue weighted by atomic mass is 10.1. The van der Waals surface area contributed by atoms with E-state index < -0.39 is 5.69 Å². The summed E-state index contributed by atoms with van der Waals surface area (Å²) in [5, 5.41) is 4.82. The van der Waals surface area contributed by atoms with Crippen molar-refractivity contribution in [3.8, 4) is 11.3 Å². The normalized spacial score (nSPS) is 11.1. The molecule has 0 spiro atoms. The second-order valence-corrected chi connectivity index (χ2v) is 5.43. The molecule has 0 aliphatic heterocycles. The zero-order chi connectivity index (χ0) is 16.0. The predicted molar refractivity (Wildman–Crippen MR) is 86.3 cm³/mol. The predicted octanol–water partition coefficient (Wildman–Crippen LogP) is 0.693. The molecule has 1 aromatic carbocycles. The summed E-state index contributed by atoms with van der Waals surface area (Å²) in [5.74, 6) is 0. The van der Waals surface area contributed by atoms with Crippen LogP contribution in [0, 0.1) is 0 Å². The minimum atomic E-state index is -0.449. The summed E-state index contributed by atoms with van der Waals surface area (Å²) in [6, 6.07) is 7.77. The third kappa shape index (κ3) is 2.02. The van der Waals surface area contributed by atoms with Crippen LogP contribution in [0.4, 0.5) is 5.69 Å². The summed E-state index contributed by atoms with van der Waals surface area (Å²) < 4.78 is 2.58. The van der Waals surface area contributed by atoms with Gasteiger partial charge in [0.25, 0.3) is 5.56 Å². The lowest BCUT2D eigenvalue weighted by molar-refractivity contribution is 0.759. The zero-order valence-corrected chi connectivity index (χ0v) is 12.9. The number of fused-ring (bicyclic) bond motifs is 1. The molecule has 3 aromatic rings. The van der Waals surface area contributed by atoms with Gasteiger partial charge in [0, 0.05) is 39.4 Å². The second-order valence-electron chi connectivity index (χ2n) is 5.43. The maximum atomic E-state index is 12.4. The Morgan fingerprint density at radius 1 is 1.09 bits per heavy atom. The molecule has 2 heterocycles. The van der Waals surface area contributed by atoms with Gasteiger partial charge in [0.2, 0.25) is 0 Å². The molecule has 0 amide bonds. The average Bonchev–Trinajstić information content (AvgIpc) is 2.82. The van der Waals surface area contributed by atoms with Gasteiger partial charge < -0.3 is 4.90 Å². The quantitative estimate of drug-likeness (QED) is 0.755. The Morgan fingerprint density at radius 3 is 2.32 bits per heavy atom. The van der Waals surface area contributed by atoms with Crippen LogP contribution in [0.15, 0.2) is 33.9 Å². The van der Waals surface area contributed by atoms with Crippen LogP contribution < -0.4 is 16.1 Å². The van der Waals surface area contributed by atoms with E-state index in [1.807, 2.05) is 43.3 Å². The van der Waals surface area contributed by atoms with E-state index in [0.29, 0.717) is 16.7 Å². The third-order valence-corrected chi connectivity index (χ3v) is 3.75. The highest BCUT2D eigenvalue weighted by molar-refractivity contribution is 5.90. The fraction of sp³-hybridized carbons (Fsp3) is 0.267. The number of anilines is 1. The standard InChI is InChI=1S/C15H17N5O2/c1-18(2)10-7-5-9(6-8-10)12-11-13(20(4)17-12)16-15(22)19(3)14(11)21/h5-8H,1-4H3,(H,16,22). The highest BCUT2D eigenvalue weighted by Gasteiger charge is 2.17. The lowest BCUT2D eigenvalue weighted by Crippen LogP contribution is -2.32. The van der Waals surface area contributed by atoms with E-state index in [1.54, 1.807) is 7.05 Å². The molecule has 0 saturated heterocycles. The molecule has 0 bridgehead atoms. The number of rotatable bonds is 2. The van der Waals surface area contributed by atoms with Crippen LogP contribution in [0.1, 0.15) is 0 Å². The van der Waals surface area contributed by atoms with Gasteiger partial charge in [-0.1, -0.05) is 12.1 Å². The summed E-state index contributed by atoms with van der Waals surface area (Å²) in [7, 11) is 7.08. The van der Waals surface area contributed by atoms with E-state index in [2.05, 4.69) is 10.1 Å². The summed E-state index contributed by atoms with van der Waals surface area (Å²) in [6.45, 7) is 0. The van der Waals surface area contributed by atoms with Gasteiger partial charge >= 0.3 is 5.69 Å². The number of aromatic nitrogens is 4. The molecule has 114 valence electrons. The first-order valence-electron chi connectivity index (χ1n) is 6.84. The van der Waals surface area contributed by atoms with Gasteiger partial charge in [0.05, 0.1) is 0 Å². The van der Waals surface area contributed by atoms with E-state index in [4.69, 9.17) is 0 Å². The number of nitrogens with zero attached hydrogens (tertiary/aromatic N) is 4. The monoisotopic (exact) mass is 299 g/mol. The SMILES string of the molecule is CN(C)c1ccc(-c2nn(C)c3[nH]c(=O)n(C)c(=O)c23)cc1. The summed E-state index contributed by atoms with van der Waals surface area (Å²) in [6.07, 6.45) is 0. The van der Waals surface area contributed by atoms with Crippen LogP contribution in [-0.2, 0) is 14.1 Å². The number of hydrogen-bond acceptors (Lipinski definition) is 4. The second kappa shape index (κ2) is 4.87. The molecule has 2 aromatic heterocycles. The van der Waals surface area contributed by atoms with Gasteiger partial charge in [-0.3, -0.25) is 19.0 Å². The fourth-order valence-corrected chi connectivity index (χ4v) is 2.43. The van der Waals surface area contributed by atoms with Crippen molar-refractivity contribution in [2.75, 3.05) is 19.0 Å². The van der Waals surface area contributed by atoms with Crippen molar-refractivity contribution in [2.24, 2.45) is 14.1 Å². The highest BCUT2D eigenvalue weighted by atomic mass is 16.2. The topological polar surface area (TPSA) is 75.9 Å². The first-order chi connectivity index (χ1) is 10.4. The summed E-state index contributed by atoms with van der Waals surface area (Å²) in [4.78, 5) is 28.8. The number of aryl methyl sites for hydroxylation is 1. The molecule has 0 saturated carbocycles. The molecular weight excluding hydrogens is 282 g/mol. The number of nitrogens with one attached hydrogen (secondary N) is 1. The Kier molecular flexibility index (Phi) is 3.13. The summed E-state index contributed by atoms with van der Waals surface area (Å²) >= 11 is 0. The smallest absolute Gasteiger partial charge is 0.329 e. The first-order valence-corrected chi connectivity index (χ1v) is 6.84. The highest BCUT2D eigenvalue weighted by Crippen LogP contribution is 2.25. The van der Waals surface area contributed by atoms with E-state index >= 15 is 0 Å². The van der Waals surface area contributed by atoms with Crippen molar-refractivity contribution in [3.63, 3.8) is 0 Å². The Bertz CT molecular complexity index is 960. The Balaban J connectivity index is 2.30. The van der Waals surface area contributed by atoms with Crippen molar-refractivity contribution in [2.45, 2.75) is 0 Å². The zero-order valence-electron chi connectivity index (χ0n) is 12.9. The van der Waals surface area contributed by atoms with Crippen LogP contribution in [0.3, 0.4) is 0 Å². The maximum Gasteiger partial charge on any atom is 0.329 e. The van der Waals surface area contributed by atoms with Crippen LogP contribution in [0.25, 0.3) is 22.3 Å². The average molecular weight is 299 g/mol. The van der Waals surface area contributed by atoms with Gasteiger partial charge in [-0.2, -0.15) is 5.10 Å². The molecule has 7 nitrogen and oxygen atoms in total. The molecule has 0 atom stereocenters. The minimum Gasteiger partial charge on any atom is -0.378 e. The molecule has 0 radical (unpaired) electrons. The van der Waals surface area contributed by atoms with Gasteiger partial charge in [0.15, 0.2) is 0 Å². The molecule has 1 N–H and O–H groups in total. The Labute approximate surface area is 126 Å². The molecule has 7 heteroatoms. The van der Waals surface area contributed by atoms with Gasteiger partial charge in [-0.05, 0) is 12.1 Å². The number of H-pyrrole nitrogens is 1. The fourth-order valence-electron chi connectivity index (χ4n) is 2.43. The molecular formula is C15H17N5O2. The molecule has 0 aliphatic carbocycles. The molecule has 0 aliphatic rings. The van der Waals surface area contributed by atoms with Crippen LogP contribution in [-0.4, -0.2) is 33.4 Å². The van der Waals surface area contributed by atoms with E-state index in [9.17, 15) is 9.59 Å². The van der Waals surface area contributed by atoms with E-state index in [-0.39, 0.29) is 5.56 Å². The van der Waals surface area contributed by atoms with Gasteiger partial charge in [-0.15, -0.1) is 0 Å². The van der Waals surface area contributed by atoms with Crippen LogP contribution in [0.2, 0.25) is 0 Å². The lowest BCUT2D eigenvalue weighted by Gasteiger charge is -2.12. The first kappa shape index (κ1) is 14.1. The largest absolute Gasteiger partial charge is 0.378 e. The minimum absolute atomic E-state index is 0.349. The summed E-state index contributed by atoms with van der Waals surface area (Å²) in [5.41, 5.74) is 2.10. The molecule has 0 fully saturated rings. The maximum absolute atomic E-state index is 12.4. The number of benzene rings is 1. The van der Waals surface area contributed by atoms with Gasteiger partial charge in [0.1, 0.15) is 16.7 Å². The van der Waals surface area contributed by atoms with Crippen LogP contribution in [0.5, 0.6) is 0 Å². The molecule has 22 heavy (non-hydrogen) atoms. The Morgan fingerprint density at radius 2 is 1.73 bits per heavy atom. The van der Waals surface area contributed by atoms with E-state index in [0.717, 1.165) is 15.8 Å².